The number of nitrogens with one attached hydrogen (secondary N) is 2. The van der Waals surface area contributed by atoms with Gasteiger partial charge in [-0.1, -0.05) is 0 Å². The quantitative estimate of drug-likeness (QED) is 0.632. The minimum atomic E-state index is -3.71. The number of rotatable bonds is 7. The van der Waals surface area contributed by atoms with Gasteiger partial charge in [-0.2, -0.15) is 5.26 Å². The van der Waals surface area contributed by atoms with E-state index in [1.807, 2.05) is 0 Å². The Morgan fingerprint density at radius 3 is 2.55 bits per heavy atom. The van der Waals surface area contributed by atoms with Crippen LogP contribution in [0.2, 0.25) is 0 Å². The molecular weight excluding hydrogens is 443 g/mol. The van der Waals surface area contributed by atoms with E-state index in [2.05, 4.69) is 16.1 Å². The van der Waals surface area contributed by atoms with Gasteiger partial charge in [0.2, 0.25) is 15.9 Å². The monoisotopic (exact) mass is 474 g/mol. The molecule has 3 atom stereocenters. The van der Waals surface area contributed by atoms with E-state index in [-0.39, 0.29) is 34.3 Å². The molecule has 6 rings (SSSR count). The number of amides is 1. The van der Waals surface area contributed by atoms with Crippen molar-refractivity contribution in [1.29, 1.82) is 5.26 Å². The topological polar surface area (TPSA) is 102 Å². The lowest BCUT2D eigenvalue weighted by Gasteiger charge is -2.62. The minimum Gasteiger partial charge on any atom is -0.326 e. The third-order valence-corrected chi connectivity index (χ3v) is 9.70. The number of hydrogen-bond acceptors (Lipinski definition) is 5. The molecule has 0 radical (unpaired) electrons. The van der Waals surface area contributed by atoms with E-state index in [1.54, 1.807) is 4.90 Å². The second-order valence-corrected chi connectivity index (χ2v) is 12.5. The number of likely N-dealkylation sites (tertiary alicyclic amines) is 1. The molecule has 178 valence electrons. The molecule has 0 spiro atoms. The highest BCUT2D eigenvalue weighted by atomic mass is 32.2. The number of benzene rings is 1. The third-order valence-electron chi connectivity index (χ3n) is 8.28. The summed E-state index contributed by atoms with van der Waals surface area (Å²) < 4.78 is 41.6. The normalized spacial score (nSPS) is 35.0. The van der Waals surface area contributed by atoms with Gasteiger partial charge >= 0.3 is 0 Å². The van der Waals surface area contributed by atoms with Gasteiger partial charge in [-0.3, -0.25) is 4.79 Å². The molecule has 2 N–H and O–H groups in total. The van der Waals surface area contributed by atoms with Crippen LogP contribution in [-0.2, 0) is 14.8 Å². The van der Waals surface area contributed by atoms with Gasteiger partial charge in [0.05, 0.1) is 17.5 Å². The van der Waals surface area contributed by atoms with Gasteiger partial charge in [-0.05, 0) is 92.9 Å². The van der Waals surface area contributed by atoms with Gasteiger partial charge in [0, 0.05) is 18.6 Å². The molecular formula is C24H31FN4O3S. The van der Waals surface area contributed by atoms with Crippen LogP contribution in [0, 0.1) is 34.4 Å². The zero-order valence-corrected chi connectivity index (χ0v) is 19.5. The number of nitrogens with zero attached hydrogens (tertiary/aromatic N) is 2. The minimum absolute atomic E-state index is 0.0131. The average Bonchev–Trinajstić information content (AvgIpc) is 3.25. The van der Waals surface area contributed by atoms with Gasteiger partial charge in [0.25, 0.3) is 0 Å². The van der Waals surface area contributed by atoms with Crippen LogP contribution >= 0.6 is 0 Å². The van der Waals surface area contributed by atoms with Crippen molar-refractivity contribution in [2.24, 2.45) is 17.3 Å². The number of carbonyl (C=O) groups excluding carboxylic acids is 1. The predicted octanol–water partition coefficient (Wildman–Crippen LogP) is 2.55. The van der Waals surface area contributed by atoms with Crippen molar-refractivity contribution in [2.45, 2.75) is 67.8 Å². The van der Waals surface area contributed by atoms with E-state index < -0.39 is 15.8 Å². The first-order valence-electron chi connectivity index (χ1n) is 11.9. The largest absolute Gasteiger partial charge is 0.326 e. The SMILES string of the molecule is N#CC1CCCN1C(=O)CNC12CC3CC(CC(CNS(=O)(=O)c4ccc(F)cc4)(C3)C1)C2. The summed E-state index contributed by atoms with van der Waals surface area (Å²) in [4.78, 5) is 14.6. The first-order valence-corrected chi connectivity index (χ1v) is 13.4. The molecule has 9 heteroatoms. The summed E-state index contributed by atoms with van der Waals surface area (Å²) in [6, 6.07) is 6.82. The highest BCUT2D eigenvalue weighted by Gasteiger charge is 2.57. The molecule has 1 saturated heterocycles. The zero-order chi connectivity index (χ0) is 23.3. The maximum absolute atomic E-state index is 13.2. The zero-order valence-electron chi connectivity index (χ0n) is 18.7. The van der Waals surface area contributed by atoms with Crippen LogP contribution in [-0.4, -0.2) is 50.4 Å². The van der Waals surface area contributed by atoms with Crippen molar-refractivity contribution in [1.82, 2.24) is 14.9 Å². The first-order chi connectivity index (χ1) is 15.7. The Hall–Kier alpha value is -2.02. The molecule has 1 heterocycles. The molecule has 1 aromatic carbocycles. The van der Waals surface area contributed by atoms with E-state index in [1.165, 1.54) is 18.6 Å². The molecule has 4 bridgehead atoms. The van der Waals surface area contributed by atoms with E-state index in [9.17, 15) is 22.9 Å². The van der Waals surface area contributed by atoms with Crippen molar-refractivity contribution in [2.75, 3.05) is 19.6 Å². The molecule has 5 fully saturated rings. The van der Waals surface area contributed by atoms with Crippen LogP contribution in [0.4, 0.5) is 4.39 Å². The van der Waals surface area contributed by atoms with Crippen molar-refractivity contribution >= 4 is 15.9 Å². The van der Waals surface area contributed by atoms with Crippen LogP contribution in [0.5, 0.6) is 0 Å². The molecule has 33 heavy (non-hydrogen) atoms. The van der Waals surface area contributed by atoms with Gasteiger partial charge in [-0.15, -0.1) is 0 Å². The fourth-order valence-electron chi connectivity index (χ4n) is 7.38. The fraction of sp³-hybridized carbons (Fsp3) is 0.667. The Bertz CT molecular complexity index is 1050. The lowest BCUT2D eigenvalue weighted by atomic mass is 9.47. The maximum Gasteiger partial charge on any atom is 0.240 e. The van der Waals surface area contributed by atoms with Gasteiger partial charge in [-0.25, -0.2) is 17.5 Å². The number of nitriles is 1. The third kappa shape index (κ3) is 4.41. The number of hydrogen-bond donors (Lipinski definition) is 2. The van der Waals surface area contributed by atoms with Crippen LogP contribution in [0.1, 0.15) is 51.4 Å². The van der Waals surface area contributed by atoms with Crippen molar-refractivity contribution < 1.29 is 17.6 Å². The van der Waals surface area contributed by atoms with Gasteiger partial charge in [0.15, 0.2) is 0 Å². The Morgan fingerprint density at radius 1 is 1.18 bits per heavy atom. The molecule has 7 nitrogen and oxygen atoms in total. The second kappa shape index (κ2) is 8.33. The highest BCUT2D eigenvalue weighted by molar-refractivity contribution is 7.89. The molecule has 1 aromatic rings. The molecule has 3 unspecified atom stereocenters. The first kappa shape index (κ1) is 22.8. The lowest BCUT2D eigenvalue weighted by molar-refractivity contribution is -0.132. The van der Waals surface area contributed by atoms with E-state index in [0.717, 1.165) is 57.1 Å². The standard InChI is InChI=1S/C24H31FN4O3S/c25-19-3-5-21(6-4-19)33(31,32)28-16-23-9-17-8-18(10-23)12-24(11-17,15-23)27-14-22(30)29-7-1-2-20(29)13-26/h3-6,17-18,20,27-28H,1-2,7-12,14-16H2. The number of sulfonamides is 1. The van der Waals surface area contributed by atoms with Crippen molar-refractivity contribution in [3.63, 3.8) is 0 Å². The van der Waals surface area contributed by atoms with Crippen molar-refractivity contribution in [3.8, 4) is 6.07 Å². The summed E-state index contributed by atoms with van der Waals surface area (Å²) in [7, 11) is -3.71. The molecule has 5 aliphatic rings. The van der Waals surface area contributed by atoms with Gasteiger partial charge in [0.1, 0.15) is 11.9 Å². The molecule has 1 amide bonds. The van der Waals surface area contributed by atoms with E-state index in [0.29, 0.717) is 24.9 Å². The number of halogens is 1. The van der Waals surface area contributed by atoms with Crippen molar-refractivity contribution in [3.05, 3.63) is 30.1 Å². The number of carbonyl (C=O) groups is 1. The van der Waals surface area contributed by atoms with E-state index >= 15 is 0 Å². The fourth-order valence-corrected chi connectivity index (χ4v) is 8.53. The van der Waals surface area contributed by atoms with Crippen LogP contribution in [0.15, 0.2) is 29.2 Å². The van der Waals surface area contributed by atoms with Crippen LogP contribution in [0.25, 0.3) is 0 Å². The summed E-state index contributed by atoms with van der Waals surface area (Å²) in [6.45, 7) is 1.24. The summed E-state index contributed by atoms with van der Waals surface area (Å²) in [5.74, 6) is 0.583. The summed E-state index contributed by atoms with van der Waals surface area (Å²) in [5, 5.41) is 12.9. The lowest BCUT2D eigenvalue weighted by Crippen LogP contribution is -2.64. The second-order valence-electron chi connectivity index (χ2n) is 10.7. The Balaban J connectivity index is 1.27. The Labute approximate surface area is 194 Å². The van der Waals surface area contributed by atoms with E-state index in [4.69, 9.17) is 0 Å². The predicted molar refractivity (Wildman–Crippen MR) is 120 cm³/mol. The maximum atomic E-state index is 13.2. The molecule has 4 aliphatic carbocycles. The van der Waals surface area contributed by atoms with Gasteiger partial charge < -0.3 is 10.2 Å². The molecule has 0 aromatic heterocycles. The van der Waals surface area contributed by atoms with Crippen LogP contribution in [0.3, 0.4) is 0 Å². The summed E-state index contributed by atoms with van der Waals surface area (Å²) in [6.07, 6.45) is 7.66. The molecule has 1 aliphatic heterocycles. The summed E-state index contributed by atoms with van der Waals surface area (Å²) >= 11 is 0. The average molecular weight is 475 g/mol. The Kier molecular flexibility index (Phi) is 5.74. The molecule has 4 saturated carbocycles. The van der Waals surface area contributed by atoms with Crippen LogP contribution < -0.4 is 10.0 Å². The Morgan fingerprint density at radius 2 is 1.88 bits per heavy atom. The smallest absolute Gasteiger partial charge is 0.240 e. The highest BCUT2D eigenvalue weighted by Crippen LogP contribution is 2.61. The summed E-state index contributed by atoms with van der Waals surface area (Å²) in [5.41, 5.74) is -0.279.